The fraction of sp³-hybridized carbons (Fsp3) is 0.458. The minimum atomic E-state index is -1.66. The number of ether oxygens (including phenoxy) is 5. The lowest BCUT2D eigenvalue weighted by Crippen LogP contribution is -2.70. The molecule has 0 spiro atoms. The molecule has 6 rings (SSSR count). The Bertz CT molecular complexity index is 2200. The molecule has 66 heavy (non-hydrogen) atoms. The molecule has 1 saturated carbocycles. The number of aliphatic hydroxyl groups excluding tert-OH is 3. The highest BCUT2D eigenvalue weighted by atomic mass is 16.7. The van der Waals surface area contributed by atoms with Gasteiger partial charge in [-0.1, -0.05) is 42.8 Å². The van der Waals surface area contributed by atoms with E-state index >= 15 is 0 Å². The standard InChI is InChI=1S/C48H58N4O14/c1-3-25-62-38-19-20-43-41(30-38)45-39(10-6-8-23-54)34(9-5-7-22-53)29-40-42(49-64-32-33-11-13-35(14-12-33)51(57)58)31-44(48(66-43,46(40)45)63-26-4-2)50(21-27-61-28-24-55)47(56)65-37-17-15-36(16-18-37)52(59)60/h3-4,11-20,29-30,34,39,44-46,53-55H,1-2,5-10,21-28,31-32H2/t34-,39+,44-,45+,46+,48+/m0/s1. The van der Waals surface area contributed by atoms with Crippen LogP contribution in [-0.4, -0.2) is 106 Å². The van der Waals surface area contributed by atoms with E-state index in [4.69, 9.17) is 33.7 Å². The highest BCUT2D eigenvalue weighted by Crippen LogP contribution is 2.62. The number of unbranched alkanes of at least 4 members (excludes halogenated alkanes) is 2. The number of aliphatic hydroxyl groups is 3. The van der Waals surface area contributed by atoms with E-state index in [2.05, 4.69) is 19.2 Å². The third-order valence-electron chi connectivity index (χ3n) is 12.1. The van der Waals surface area contributed by atoms with Gasteiger partial charge in [-0.2, -0.15) is 0 Å². The van der Waals surface area contributed by atoms with Crippen molar-refractivity contribution in [3.8, 4) is 17.2 Å². The van der Waals surface area contributed by atoms with Crippen molar-refractivity contribution in [2.24, 2.45) is 22.9 Å². The second kappa shape index (κ2) is 23.8. The largest absolute Gasteiger partial charge is 0.490 e. The van der Waals surface area contributed by atoms with Crippen LogP contribution in [-0.2, 0) is 20.9 Å². The molecule has 3 N–H and O–H groups in total. The molecule has 0 saturated heterocycles. The van der Waals surface area contributed by atoms with Crippen molar-refractivity contribution in [3.05, 3.63) is 135 Å². The fourth-order valence-electron chi connectivity index (χ4n) is 9.29. The molecule has 3 aromatic rings. The summed E-state index contributed by atoms with van der Waals surface area (Å²) < 4.78 is 32.0. The van der Waals surface area contributed by atoms with E-state index in [1.165, 1.54) is 41.3 Å². The molecule has 1 fully saturated rings. The molecule has 0 radical (unpaired) electrons. The van der Waals surface area contributed by atoms with Gasteiger partial charge in [0.2, 0.25) is 5.79 Å². The summed E-state index contributed by atoms with van der Waals surface area (Å²) in [4.78, 5) is 44.1. The van der Waals surface area contributed by atoms with Gasteiger partial charge in [-0.25, -0.2) is 4.79 Å². The van der Waals surface area contributed by atoms with Crippen LogP contribution < -0.4 is 14.2 Å². The zero-order valence-corrected chi connectivity index (χ0v) is 36.8. The van der Waals surface area contributed by atoms with Crippen LogP contribution in [0.1, 0.15) is 62.0 Å². The maximum absolute atomic E-state index is 14.8. The predicted molar refractivity (Wildman–Crippen MR) is 242 cm³/mol. The van der Waals surface area contributed by atoms with Crippen LogP contribution in [0.5, 0.6) is 17.2 Å². The van der Waals surface area contributed by atoms with Gasteiger partial charge in [-0.05, 0) is 91.1 Å². The van der Waals surface area contributed by atoms with Crippen LogP contribution in [0.3, 0.4) is 0 Å². The zero-order chi connectivity index (χ0) is 47.1. The first-order valence-electron chi connectivity index (χ1n) is 22.2. The van der Waals surface area contributed by atoms with Gasteiger partial charge in [-0.3, -0.25) is 25.1 Å². The normalized spacial score (nSPS) is 22.2. The number of allylic oxidation sites excluding steroid dienone is 1. The van der Waals surface area contributed by atoms with E-state index in [1.807, 2.05) is 12.1 Å². The smallest absolute Gasteiger partial charge is 0.415 e. The molecule has 18 nitrogen and oxygen atoms in total. The second-order valence-corrected chi connectivity index (χ2v) is 16.2. The Kier molecular flexibility index (Phi) is 17.8. The highest BCUT2D eigenvalue weighted by molar-refractivity contribution is 6.03. The number of rotatable bonds is 26. The van der Waals surface area contributed by atoms with Gasteiger partial charge in [0.15, 0.2) is 0 Å². The molecule has 0 bridgehead atoms. The number of amides is 1. The molecule has 354 valence electrons. The summed E-state index contributed by atoms with van der Waals surface area (Å²) in [5.41, 5.74) is 2.43. The SMILES string of the molecule is C=CCOc1ccc2c(c1)[C@H]1[C@H](CCCCO)[C@@H](CCCCO)C=C3C(=NOCc4ccc([N+](=O)[O-])cc4)C[C@H](N(CCOCCO)C(=O)Oc4ccc([N+](=O)[O-])cc4)[C@@](OCC=C)(O2)[C@H]31. The van der Waals surface area contributed by atoms with E-state index in [1.54, 1.807) is 30.4 Å². The number of nitrogens with zero attached hydrogens (tertiary/aromatic N) is 4. The summed E-state index contributed by atoms with van der Waals surface area (Å²) >= 11 is 0. The van der Waals surface area contributed by atoms with Crippen LogP contribution in [0.2, 0.25) is 0 Å². The lowest BCUT2D eigenvalue weighted by atomic mass is 9.55. The maximum Gasteiger partial charge on any atom is 0.415 e. The molecule has 0 aromatic heterocycles. The van der Waals surface area contributed by atoms with Crippen LogP contribution in [0.15, 0.2) is 109 Å². The van der Waals surface area contributed by atoms with Crippen LogP contribution in [0.25, 0.3) is 0 Å². The number of benzene rings is 3. The quantitative estimate of drug-likeness (QED) is 0.0308. The second-order valence-electron chi connectivity index (χ2n) is 16.2. The van der Waals surface area contributed by atoms with E-state index in [9.17, 15) is 40.3 Å². The first kappa shape index (κ1) is 49.3. The van der Waals surface area contributed by atoms with Crippen LogP contribution in [0, 0.1) is 38.0 Å². The number of non-ortho nitro benzene ring substituents is 2. The number of carbonyl (C=O) groups is 1. The number of hydrogen-bond acceptors (Lipinski definition) is 15. The third kappa shape index (κ3) is 11.6. The van der Waals surface area contributed by atoms with Gasteiger partial charge in [0.1, 0.15) is 36.5 Å². The minimum Gasteiger partial charge on any atom is -0.490 e. The molecule has 2 aliphatic carbocycles. The summed E-state index contributed by atoms with van der Waals surface area (Å²) in [5, 5.41) is 57.0. The lowest BCUT2D eigenvalue weighted by molar-refractivity contribution is -0.385. The Hall–Kier alpha value is -6.18. The molecule has 3 aromatic carbocycles. The van der Waals surface area contributed by atoms with Crippen molar-refractivity contribution in [1.82, 2.24) is 4.90 Å². The average Bonchev–Trinajstić information content (AvgIpc) is 3.32. The van der Waals surface area contributed by atoms with E-state index < -0.39 is 33.7 Å². The van der Waals surface area contributed by atoms with Crippen molar-refractivity contribution in [3.63, 3.8) is 0 Å². The molecule has 1 amide bonds. The Labute approximate surface area is 383 Å². The Morgan fingerprint density at radius 3 is 2.18 bits per heavy atom. The number of carbonyl (C=O) groups excluding carboxylic acids is 1. The molecule has 6 atom stereocenters. The fourth-order valence-corrected chi connectivity index (χ4v) is 9.29. The number of hydrogen-bond donors (Lipinski definition) is 3. The monoisotopic (exact) mass is 914 g/mol. The minimum absolute atomic E-state index is 0.00375. The first-order chi connectivity index (χ1) is 32.1. The van der Waals surface area contributed by atoms with E-state index in [0.717, 1.165) is 24.0 Å². The molecule has 0 unspecified atom stereocenters. The van der Waals surface area contributed by atoms with Gasteiger partial charge in [0, 0.05) is 61.9 Å². The Morgan fingerprint density at radius 1 is 0.864 bits per heavy atom. The maximum atomic E-state index is 14.8. The summed E-state index contributed by atoms with van der Waals surface area (Å²) in [6.07, 6.45) is 8.58. The Morgan fingerprint density at radius 2 is 1.53 bits per heavy atom. The topological polar surface area (TPSA) is 235 Å². The Balaban J connectivity index is 1.56. The molecule has 1 aliphatic heterocycles. The third-order valence-corrected chi connectivity index (χ3v) is 12.1. The summed E-state index contributed by atoms with van der Waals surface area (Å²) in [7, 11) is 0. The summed E-state index contributed by atoms with van der Waals surface area (Å²) in [6, 6.07) is 15.6. The molecule has 1 heterocycles. The van der Waals surface area contributed by atoms with Crippen LogP contribution >= 0.6 is 0 Å². The molecular weight excluding hydrogens is 857 g/mol. The van der Waals surface area contributed by atoms with Crippen molar-refractivity contribution in [2.45, 2.75) is 69.3 Å². The number of oxime groups is 1. The zero-order valence-electron chi connectivity index (χ0n) is 36.8. The molecule has 18 heteroatoms. The number of nitro groups is 2. The summed E-state index contributed by atoms with van der Waals surface area (Å²) in [6.45, 7) is 7.62. The van der Waals surface area contributed by atoms with Crippen molar-refractivity contribution in [1.29, 1.82) is 0 Å². The van der Waals surface area contributed by atoms with E-state index in [0.29, 0.717) is 48.5 Å². The van der Waals surface area contributed by atoms with Gasteiger partial charge < -0.3 is 43.8 Å². The van der Waals surface area contributed by atoms with Gasteiger partial charge in [0.05, 0.1) is 47.9 Å². The number of fused-ring (bicyclic) bond motifs is 2. The highest BCUT2D eigenvalue weighted by Gasteiger charge is 2.65. The lowest BCUT2D eigenvalue weighted by Gasteiger charge is -2.59. The van der Waals surface area contributed by atoms with Gasteiger partial charge in [-0.15, -0.1) is 6.58 Å². The summed E-state index contributed by atoms with van der Waals surface area (Å²) in [5.74, 6) is -1.73. The number of nitro benzene ring substituents is 2. The molecule has 3 aliphatic rings. The average molecular weight is 915 g/mol. The van der Waals surface area contributed by atoms with Gasteiger partial charge >= 0.3 is 6.09 Å². The van der Waals surface area contributed by atoms with Crippen LogP contribution in [0.4, 0.5) is 16.2 Å². The van der Waals surface area contributed by atoms with Crippen molar-refractivity contribution in [2.75, 3.05) is 52.8 Å². The van der Waals surface area contributed by atoms with Crippen molar-refractivity contribution >= 4 is 23.2 Å². The first-order valence-corrected chi connectivity index (χ1v) is 22.2. The van der Waals surface area contributed by atoms with E-state index in [-0.39, 0.29) is 101 Å². The molecular formula is C48H58N4O14. The predicted octanol–water partition coefficient (Wildman–Crippen LogP) is 7.41. The van der Waals surface area contributed by atoms with Crippen molar-refractivity contribution < 1.29 is 58.5 Å². The van der Waals surface area contributed by atoms with Gasteiger partial charge in [0.25, 0.3) is 11.4 Å².